The topological polar surface area (TPSA) is 69.7 Å². The Bertz CT molecular complexity index is 1150. The largest absolute Gasteiger partial charge is 0.530 e. The van der Waals surface area contributed by atoms with Crippen LogP contribution in [0.25, 0.3) is 21.5 Å². The maximum absolute atomic E-state index is 12.3. The summed E-state index contributed by atoms with van der Waals surface area (Å²) in [6.07, 6.45) is -1.41. The van der Waals surface area contributed by atoms with Crippen LogP contribution in [0.3, 0.4) is 0 Å². The summed E-state index contributed by atoms with van der Waals surface area (Å²) in [5.74, 6) is -0.618. The molecule has 0 atom stereocenters. The summed E-state index contributed by atoms with van der Waals surface area (Å²) in [6, 6.07) is 26.9. The number of amides is 1. The van der Waals surface area contributed by atoms with E-state index in [4.69, 9.17) is 4.74 Å². The Labute approximate surface area is 174 Å². The van der Waals surface area contributed by atoms with E-state index in [-0.39, 0.29) is 13.2 Å². The van der Waals surface area contributed by atoms with Crippen LogP contribution in [-0.2, 0) is 22.7 Å². The molecule has 0 unspecified atom stereocenters. The quantitative estimate of drug-likeness (QED) is 0.365. The zero-order valence-electron chi connectivity index (χ0n) is 16.3. The number of nitrogens with zero attached hydrogens (tertiary/aromatic N) is 1. The highest BCUT2D eigenvalue weighted by atomic mass is 16.5. The Balaban J connectivity index is 1.59. The number of hydrogen-bond acceptors (Lipinski definition) is 4. The second-order valence-corrected chi connectivity index (χ2v) is 7.07. The van der Waals surface area contributed by atoms with Crippen LogP contribution in [-0.4, -0.2) is 23.5 Å². The molecule has 0 heterocycles. The highest BCUT2D eigenvalue weighted by molar-refractivity contribution is 6.02. The fourth-order valence-corrected chi connectivity index (χ4v) is 3.59. The standard InChI is InChI=1S/C25H21NO4/c27-24(30-17-18-8-2-1-3-9-18)16-26(25(28)29)15-23-21-12-6-4-10-19(21)14-20-11-5-7-13-22(20)23/h1-14H,15-17H2,(H,28,29)/p-1. The van der Waals surface area contributed by atoms with Crippen LogP contribution in [0.1, 0.15) is 11.1 Å². The molecule has 0 N–H and O–H groups in total. The van der Waals surface area contributed by atoms with Crippen molar-refractivity contribution < 1.29 is 19.4 Å². The Morgan fingerprint density at radius 3 is 1.97 bits per heavy atom. The van der Waals surface area contributed by atoms with E-state index in [1.807, 2.05) is 78.9 Å². The van der Waals surface area contributed by atoms with Gasteiger partial charge in [0.15, 0.2) is 0 Å². The Morgan fingerprint density at radius 1 is 0.800 bits per heavy atom. The number of hydrogen-bond donors (Lipinski definition) is 0. The van der Waals surface area contributed by atoms with Crippen LogP contribution >= 0.6 is 0 Å². The highest BCUT2D eigenvalue weighted by Gasteiger charge is 2.16. The fraction of sp³-hybridized carbons (Fsp3) is 0.120. The van der Waals surface area contributed by atoms with Crippen molar-refractivity contribution in [2.24, 2.45) is 0 Å². The van der Waals surface area contributed by atoms with Gasteiger partial charge in [0.05, 0.1) is 0 Å². The lowest BCUT2D eigenvalue weighted by atomic mass is 9.96. The van der Waals surface area contributed by atoms with Gasteiger partial charge in [-0.15, -0.1) is 0 Å². The van der Waals surface area contributed by atoms with Crippen LogP contribution < -0.4 is 5.11 Å². The van der Waals surface area contributed by atoms with Crippen LogP contribution in [0.2, 0.25) is 0 Å². The van der Waals surface area contributed by atoms with E-state index in [1.165, 1.54) is 0 Å². The van der Waals surface area contributed by atoms with Gasteiger partial charge < -0.3 is 19.5 Å². The van der Waals surface area contributed by atoms with E-state index in [2.05, 4.69) is 6.07 Å². The van der Waals surface area contributed by atoms with Crippen molar-refractivity contribution in [1.29, 1.82) is 0 Å². The predicted octanol–water partition coefficient (Wildman–Crippen LogP) is 3.88. The Morgan fingerprint density at radius 2 is 1.37 bits per heavy atom. The zero-order chi connectivity index (χ0) is 20.9. The minimum atomic E-state index is -1.41. The van der Waals surface area contributed by atoms with E-state index < -0.39 is 18.6 Å². The van der Waals surface area contributed by atoms with Gasteiger partial charge in [-0.1, -0.05) is 78.9 Å². The summed E-state index contributed by atoms with van der Waals surface area (Å²) in [4.78, 5) is 25.1. The SMILES string of the molecule is O=C(CN(Cc1c2ccccc2cc2ccccc12)C(=O)[O-])OCc1ccccc1. The molecule has 0 aromatic heterocycles. The van der Waals surface area contributed by atoms with E-state index in [1.54, 1.807) is 0 Å². The molecule has 0 aliphatic rings. The van der Waals surface area contributed by atoms with E-state index >= 15 is 0 Å². The van der Waals surface area contributed by atoms with Gasteiger partial charge in [-0.3, -0.25) is 4.79 Å². The number of carboxylic acid groups (broad SMARTS) is 1. The molecule has 5 nitrogen and oxygen atoms in total. The summed E-state index contributed by atoms with van der Waals surface area (Å²) >= 11 is 0. The molecular formula is C25H20NO4-. The number of carbonyl (C=O) groups excluding carboxylic acids is 2. The molecule has 0 spiro atoms. The molecule has 4 aromatic rings. The number of rotatable bonds is 6. The number of carbonyl (C=O) groups is 2. The number of esters is 1. The normalized spacial score (nSPS) is 10.8. The van der Waals surface area contributed by atoms with Crippen LogP contribution in [0.5, 0.6) is 0 Å². The van der Waals surface area contributed by atoms with E-state index in [0.29, 0.717) is 0 Å². The molecule has 5 heteroatoms. The van der Waals surface area contributed by atoms with Gasteiger partial charge in [-0.2, -0.15) is 0 Å². The third kappa shape index (κ3) is 4.25. The minimum Gasteiger partial charge on any atom is -0.530 e. The molecule has 0 bridgehead atoms. The molecule has 0 saturated heterocycles. The molecular weight excluding hydrogens is 378 g/mol. The average Bonchev–Trinajstić information content (AvgIpc) is 2.77. The summed E-state index contributed by atoms with van der Waals surface area (Å²) in [7, 11) is 0. The first-order chi connectivity index (χ1) is 14.6. The highest BCUT2D eigenvalue weighted by Crippen LogP contribution is 2.29. The molecule has 4 aromatic carbocycles. The van der Waals surface area contributed by atoms with Gasteiger partial charge in [0.1, 0.15) is 19.2 Å². The van der Waals surface area contributed by atoms with Gasteiger partial charge in [0.25, 0.3) is 0 Å². The third-order valence-corrected chi connectivity index (χ3v) is 5.05. The lowest BCUT2D eigenvalue weighted by Crippen LogP contribution is -2.43. The smallest absolute Gasteiger partial charge is 0.325 e. The average molecular weight is 398 g/mol. The van der Waals surface area contributed by atoms with E-state index in [9.17, 15) is 14.7 Å². The number of ether oxygens (including phenoxy) is 1. The molecule has 4 rings (SSSR count). The molecule has 0 radical (unpaired) electrons. The van der Waals surface area contributed by atoms with Gasteiger partial charge in [-0.25, -0.2) is 0 Å². The lowest BCUT2D eigenvalue weighted by molar-refractivity contribution is -0.266. The van der Waals surface area contributed by atoms with Crippen molar-refractivity contribution >= 4 is 33.6 Å². The molecule has 0 aliphatic carbocycles. The van der Waals surface area contributed by atoms with Crippen LogP contribution in [0, 0.1) is 0 Å². The van der Waals surface area contributed by atoms with Gasteiger partial charge in [0.2, 0.25) is 0 Å². The molecule has 1 amide bonds. The van der Waals surface area contributed by atoms with Crippen molar-refractivity contribution in [2.75, 3.05) is 6.54 Å². The van der Waals surface area contributed by atoms with Crippen molar-refractivity contribution in [1.82, 2.24) is 4.90 Å². The molecule has 0 fully saturated rings. The molecule has 30 heavy (non-hydrogen) atoms. The molecule has 0 saturated carbocycles. The maximum Gasteiger partial charge on any atom is 0.325 e. The predicted molar refractivity (Wildman–Crippen MR) is 113 cm³/mol. The van der Waals surface area contributed by atoms with Crippen molar-refractivity contribution in [3.05, 3.63) is 96.1 Å². The molecule has 0 aliphatic heterocycles. The Hall–Kier alpha value is -3.86. The minimum absolute atomic E-state index is 0.0324. The van der Waals surface area contributed by atoms with Gasteiger partial charge in [-0.05, 0) is 38.7 Å². The van der Waals surface area contributed by atoms with Gasteiger partial charge >= 0.3 is 5.97 Å². The van der Waals surface area contributed by atoms with Crippen LogP contribution in [0.15, 0.2) is 84.9 Å². The third-order valence-electron chi connectivity index (χ3n) is 5.05. The molecule has 150 valence electrons. The second-order valence-electron chi connectivity index (χ2n) is 7.07. The van der Waals surface area contributed by atoms with Gasteiger partial charge in [0, 0.05) is 6.54 Å². The maximum atomic E-state index is 12.3. The summed E-state index contributed by atoms with van der Waals surface area (Å²) in [5, 5.41) is 15.7. The fourth-order valence-electron chi connectivity index (χ4n) is 3.59. The first-order valence-electron chi connectivity index (χ1n) is 9.66. The van der Waals surface area contributed by atoms with E-state index in [0.717, 1.165) is 37.6 Å². The number of benzene rings is 4. The number of fused-ring (bicyclic) bond motifs is 2. The first kappa shape index (κ1) is 19.5. The Kier molecular flexibility index (Phi) is 5.61. The lowest BCUT2D eigenvalue weighted by Gasteiger charge is -2.25. The van der Waals surface area contributed by atoms with Crippen molar-refractivity contribution in [2.45, 2.75) is 13.2 Å². The monoisotopic (exact) mass is 398 g/mol. The summed E-state index contributed by atoms with van der Waals surface area (Å²) in [5.41, 5.74) is 1.68. The zero-order valence-corrected chi connectivity index (χ0v) is 16.3. The van der Waals surface area contributed by atoms with Crippen LogP contribution in [0.4, 0.5) is 4.79 Å². The van der Waals surface area contributed by atoms with Crippen molar-refractivity contribution in [3.63, 3.8) is 0 Å². The first-order valence-corrected chi connectivity index (χ1v) is 9.66. The summed E-state index contributed by atoms with van der Waals surface area (Å²) < 4.78 is 5.25. The summed E-state index contributed by atoms with van der Waals surface area (Å²) in [6.45, 7) is -0.269. The second kappa shape index (κ2) is 8.66. The van der Waals surface area contributed by atoms with Crippen molar-refractivity contribution in [3.8, 4) is 0 Å².